The summed E-state index contributed by atoms with van der Waals surface area (Å²) in [5.74, 6) is -10.0. The number of anilines is 1. The van der Waals surface area contributed by atoms with E-state index < -0.39 is 93.3 Å². The van der Waals surface area contributed by atoms with Crippen LogP contribution < -0.4 is 16.8 Å². The number of rotatable bonds is 6. The highest BCUT2D eigenvalue weighted by Gasteiger charge is 2.67. The molecule has 0 radical (unpaired) electrons. The highest BCUT2D eigenvalue weighted by molar-refractivity contribution is 6.25. The molecule has 1 aromatic carbocycles. The fraction of sp³-hybridized carbons (Fsp3) is 0.548. The summed E-state index contributed by atoms with van der Waals surface area (Å²) < 4.78 is 0. The lowest BCUT2D eigenvalue weighted by molar-refractivity contribution is -0.162. The van der Waals surface area contributed by atoms with Gasteiger partial charge in [0.05, 0.1) is 35.4 Å². The molecule has 238 valence electrons. The number of fused-ring (bicyclic) bond motifs is 3. The van der Waals surface area contributed by atoms with Gasteiger partial charge in [-0.15, -0.1) is 0 Å². The van der Waals surface area contributed by atoms with E-state index in [1.165, 1.54) is 31.1 Å². The van der Waals surface area contributed by atoms with Crippen LogP contribution in [0.3, 0.4) is 0 Å². The number of benzene rings is 1. The lowest BCUT2D eigenvalue weighted by atomic mass is 9.55. The van der Waals surface area contributed by atoms with Crippen LogP contribution in [0.1, 0.15) is 67.3 Å². The van der Waals surface area contributed by atoms with Crippen LogP contribution in [0.5, 0.6) is 5.75 Å². The number of likely N-dealkylation sites (N-methyl/N-ethyl adjacent to an activating group) is 1. The Labute approximate surface area is 254 Å². The predicted molar refractivity (Wildman–Crippen MR) is 158 cm³/mol. The van der Waals surface area contributed by atoms with Crippen LogP contribution >= 0.6 is 0 Å². The summed E-state index contributed by atoms with van der Waals surface area (Å²) in [7, 11) is 2.94. The molecule has 5 rings (SSSR count). The highest BCUT2D eigenvalue weighted by Crippen LogP contribution is 2.56. The van der Waals surface area contributed by atoms with Crippen molar-refractivity contribution in [1.82, 2.24) is 4.90 Å². The Hall–Kier alpha value is -3.78. The van der Waals surface area contributed by atoms with Crippen LogP contribution in [0, 0.1) is 17.8 Å². The molecule has 4 aliphatic carbocycles. The van der Waals surface area contributed by atoms with Gasteiger partial charge in [-0.1, -0.05) is 45.1 Å². The van der Waals surface area contributed by atoms with E-state index in [-0.39, 0.29) is 11.3 Å². The molecule has 1 saturated carbocycles. The van der Waals surface area contributed by atoms with Crippen LogP contribution in [0.15, 0.2) is 34.8 Å². The van der Waals surface area contributed by atoms with E-state index in [4.69, 9.17) is 11.5 Å². The minimum absolute atomic E-state index is 0.0924. The molecule has 0 spiro atoms. The van der Waals surface area contributed by atoms with Gasteiger partial charge in [0.2, 0.25) is 11.7 Å². The standard InChI is InChI=1S/C31H40N4O9/c1-12-14-9-10-16(34-30(43)15(32)11-13-7-5-4-6-8-13)23(36)18(14)24(37)19-17(12)25(38)21-22(35(2)3)26(39)20(29(33)42)28(41)31(21,44)27(19)40/h9-10,12-13,15,17,21-22,25,36,38-40,44H,4-8,11,32H2,1-3H3,(H2,33,42)(H,34,43)/t12?,15-,17?,21?,22-,25?,31-/m0/s1. The summed E-state index contributed by atoms with van der Waals surface area (Å²) >= 11 is 0. The molecule has 1 aromatic rings. The van der Waals surface area contributed by atoms with Crippen molar-refractivity contribution < 1.29 is 44.7 Å². The number of aromatic hydroxyl groups is 1. The number of carbonyl (C=O) groups is 4. The molecule has 7 atom stereocenters. The second-order valence-corrected chi connectivity index (χ2v) is 12.8. The zero-order valence-corrected chi connectivity index (χ0v) is 24.9. The van der Waals surface area contributed by atoms with E-state index in [1.807, 2.05) is 0 Å². The number of aliphatic hydroxyl groups is 4. The number of primary amides is 1. The Kier molecular flexibility index (Phi) is 8.12. The second kappa shape index (κ2) is 11.3. The summed E-state index contributed by atoms with van der Waals surface area (Å²) in [5.41, 5.74) is 6.95. The number of nitrogens with one attached hydrogen (secondary N) is 1. The van der Waals surface area contributed by atoms with Crippen LogP contribution in [-0.2, 0) is 14.4 Å². The van der Waals surface area contributed by atoms with Gasteiger partial charge in [0.25, 0.3) is 5.91 Å². The largest absolute Gasteiger partial charge is 0.510 e. The smallest absolute Gasteiger partial charge is 0.255 e. The first kappa shape index (κ1) is 31.6. The third kappa shape index (κ3) is 4.61. The molecule has 1 fully saturated rings. The summed E-state index contributed by atoms with van der Waals surface area (Å²) in [4.78, 5) is 54.0. The van der Waals surface area contributed by atoms with Gasteiger partial charge in [-0.3, -0.25) is 24.1 Å². The molecular weight excluding hydrogens is 572 g/mol. The molecule has 0 bridgehead atoms. The van der Waals surface area contributed by atoms with Gasteiger partial charge in [0, 0.05) is 11.5 Å². The molecule has 0 aromatic heterocycles. The average Bonchev–Trinajstić information content (AvgIpc) is 2.96. The van der Waals surface area contributed by atoms with Gasteiger partial charge >= 0.3 is 0 Å². The molecule has 4 aliphatic rings. The molecule has 10 N–H and O–H groups in total. The number of nitrogens with zero attached hydrogens (tertiary/aromatic N) is 1. The van der Waals surface area contributed by atoms with Crippen molar-refractivity contribution in [2.75, 3.05) is 19.4 Å². The topological polar surface area (TPSA) is 237 Å². The van der Waals surface area contributed by atoms with E-state index in [0.717, 1.165) is 32.1 Å². The Morgan fingerprint density at radius 3 is 2.34 bits per heavy atom. The van der Waals surface area contributed by atoms with E-state index in [0.29, 0.717) is 17.9 Å². The van der Waals surface area contributed by atoms with Gasteiger partial charge in [-0.25, -0.2) is 0 Å². The molecule has 44 heavy (non-hydrogen) atoms. The molecule has 4 unspecified atom stereocenters. The summed E-state index contributed by atoms with van der Waals surface area (Å²) in [6, 6.07) is 0.750. The molecule has 0 aliphatic heterocycles. The first-order valence-electron chi connectivity index (χ1n) is 14.9. The van der Waals surface area contributed by atoms with Gasteiger partial charge in [0.1, 0.15) is 17.1 Å². The minimum atomic E-state index is -3.00. The zero-order valence-electron chi connectivity index (χ0n) is 24.9. The number of hydrogen-bond donors (Lipinski definition) is 8. The highest BCUT2D eigenvalue weighted by atomic mass is 16.4. The molecule has 13 heteroatoms. The molecule has 13 nitrogen and oxygen atoms in total. The van der Waals surface area contributed by atoms with Crippen molar-refractivity contribution in [3.8, 4) is 5.75 Å². The summed E-state index contributed by atoms with van der Waals surface area (Å²) in [5, 5.41) is 59.7. The fourth-order valence-electron chi connectivity index (χ4n) is 7.84. The zero-order chi connectivity index (χ0) is 32.4. The number of aliphatic hydroxyl groups excluding tert-OH is 3. The molecule has 2 amide bonds. The minimum Gasteiger partial charge on any atom is -0.510 e. The number of phenolic OH excluding ortho intramolecular Hbond substituents is 1. The van der Waals surface area contributed by atoms with Crippen LogP contribution in [0.2, 0.25) is 0 Å². The Morgan fingerprint density at radius 2 is 1.75 bits per heavy atom. The van der Waals surface area contributed by atoms with E-state index >= 15 is 0 Å². The van der Waals surface area contributed by atoms with E-state index in [2.05, 4.69) is 5.32 Å². The molecule has 0 heterocycles. The van der Waals surface area contributed by atoms with Gasteiger partial charge in [0.15, 0.2) is 17.1 Å². The number of phenols is 1. The van der Waals surface area contributed by atoms with E-state index in [9.17, 15) is 44.7 Å². The number of Topliss-reactive ketones (excluding diaryl/α,β-unsaturated/α-hetero) is 2. The van der Waals surface area contributed by atoms with Gasteiger partial charge in [-0.2, -0.15) is 0 Å². The number of hydrogen-bond acceptors (Lipinski definition) is 11. The average molecular weight is 613 g/mol. The van der Waals surface area contributed by atoms with Crippen LogP contribution in [-0.4, -0.2) is 91.7 Å². The fourth-order valence-corrected chi connectivity index (χ4v) is 7.84. The quantitative estimate of drug-likeness (QED) is 0.166. The number of amides is 2. The van der Waals surface area contributed by atoms with Crippen molar-refractivity contribution in [1.29, 1.82) is 0 Å². The second-order valence-electron chi connectivity index (χ2n) is 12.8. The summed E-state index contributed by atoms with van der Waals surface area (Å²) in [6.45, 7) is 1.63. The number of nitrogens with two attached hydrogens (primary N) is 2. The van der Waals surface area contributed by atoms with Crippen molar-refractivity contribution in [2.24, 2.45) is 29.2 Å². The molecule has 0 saturated heterocycles. The maximum Gasteiger partial charge on any atom is 0.255 e. The SMILES string of the molecule is CC1c2ccc(NC(=O)[C@@H](N)CC3CCCCC3)c(O)c2C(=O)C2=C(O)[C@]3(O)C(=O)C(C(N)=O)=C(O)[C@@H](N(C)C)C3C(O)C21. The van der Waals surface area contributed by atoms with Gasteiger partial charge in [-0.05, 0) is 44.0 Å². The lowest BCUT2D eigenvalue weighted by Gasteiger charge is -2.53. The predicted octanol–water partition coefficient (Wildman–Crippen LogP) is 0.889. The van der Waals surface area contributed by atoms with Crippen LogP contribution in [0.25, 0.3) is 0 Å². The first-order valence-corrected chi connectivity index (χ1v) is 14.9. The monoisotopic (exact) mass is 612 g/mol. The first-order chi connectivity index (χ1) is 20.6. The normalized spacial score (nSPS) is 31.4. The third-order valence-corrected chi connectivity index (χ3v) is 10.0. The maximum absolute atomic E-state index is 14.0. The molecular formula is C31H40N4O9. The summed E-state index contributed by atoms with van der Waals surface area (Å²) in [6.07, 6.45) is 4.10. The Bertz CT molecular complexity index is 1490. The lowest BCUT2D eigenvalue weighted by Crippen LogP contribution is -2.68. The Morgan fingerprint density at radius 1 is 1.11 bits per heavy atom. The van der Waals surface area contributed by atoms with Crippen LogP contribution in [0.4, 0.5) is 5.69 Å². The van der Waals surface area contributed by atoms with E-state index in [1.54, 1.807) is 6.92 Å². The number of ketones is 2. The maximum atomic E-state index is 14.0. The van der Waals surface area contributed by atoms with Gasteiger partial charge < -0.3 is 42.3 Å². The van der Waals surface area contributed by atoms with Crippen molar-refractivity contribution in [3.63, 3.8) is 0 Å². The van der Waals surface area contributed by atoms with Crippen molar-refractivity contribution in [3.05, 3.63) is 45.9 Å². The third-order valence-electron chi connectivity index (χ3n) is 10.0. The number of carbonyl (C=O) groups excluding carboxylic acids is 4. The van der Waals surface area contributed by atoms with Crippen molar-refractivity contribution in [2.45, 2.75) is 75.2 Å². The van der Waals surface area contributed by atoms with Crippen molar-refractivity contribution >= 4 is 29.1 Å². The Balaban J connectivity index is 1.56.